The molecule has 6 atom stereocenters. The number of alkyl carbamates (subject to hydrolysis) is 1. The standard InChI is InChI=1S/C35H55BN2O6/c1-10-11-12-23-13-15-24(16-14-23)31(40)38-27(21-37-32(41)42-33(4,5)6)28(39)20-26(17-22(2)3)36-43-30-19-25-18-29(34(25,7)8)35(30,9)44-36/h13-16,22,25-27,29-30H,10-12,17-21H2,1-9H3,(H,37,41)(H,38,40)/t25?,26-,27+,29+,30-,35+/m1/s1. The van der Waals surface area contributed by atoms with Crippen LogP contribution in [0.3, 0.4) is 0 Å². The summed E-state index contributed by atoms with van der Waals surface area (Å²) in [4.78, 5) is 39.8. The number of ether oxygens (including phenoxy) is 1. The molecule has 8 nitrogen and oxygen atoms in total. The number of Topliss-reactive ketones (excluding diaryl/α,β-unsaturated/α-hetero) is 1. The van der Waals surface area contributed by atoms with Crippen molar-refractivity contribution in [2.45, 2.75) is 136 Å². The van der Waals surface area contributed by atoms with Crippen molar-refractivity contribution in [2.24, 2.45) is 23.2 Å². The summed E-state index contributed by atoms with van der Waals surface area (Å²) in [6, 6.07) is 6.56. The van der Waals surface area contributed by atoms with E-state index in [4.69, 9.17) is 14.0 Å². The number of ketones is 1. The highest BCUT2D eigenvalue weighted by Gasteiger charge is 2.68. The van der Waals surface area contributed by atoms with E-state index in [0.29, 0.717) is 23.3 Å². The predicted octanol–water partition coefficient (Wildman–Crippen LogP) is 6.76. The zero-order chi connectivity index (χ0) is 32.4. The largest absolute Gasteiger partial charge is 0.461 e. The maximum Gasteiger partial charge on any atom is 0.461 e. The minimum Gasteiger partial charge on any atom is -0.444 e. The van der Waals surface area contributed by atoms with Gasteiger partial charge in [-0.15, -0.1) is 0 Å². The molecular formula is C35H55BN2O6. The Bertz CT molecular complexity index is 1180. The van der Waals surface area contributed by atoms with E-state index in [9.17, 15) is 14.4 Å². The normalized spacial score (nSPS) is 26.8. The molecule has 3 saturated carbocycles. The molecule has 0 aromatic heterocycles. The van der Waals surface area contributed by atoms with Crippen LogP contribution in [-0.4, -0.2) is 54.8 Å². The van der Waals surface area contributed by atoms with E-state index < -0.39 is 24.9 Å². The zero-order valence-electron chi connectivity index (χ0n) is 28.5. The molecule has 2 N–H and O–H groups in total. The van der Waals surface area contributed by atoms with Crippen LogP contribution in [0.2, 0.25) is 5.82 Å². The van der Waals surface area contributed by atoms with Gasteiger partial charge in [-0.05, 0) is 101 Å². The maximum absolute atomic E-state index is 14.0. The molecule has 1 aromatic carbocycles. The van der Waals surface area contributed by atoms with E-state index in [1.54, 1.807) is 32.9 Å². The van der Waals surface area contributed by atoms with Crippen molar-refractivity contribution in [1.29, 1.82) is 0 Å². The van der Waals surface area contributed by atoms with E-state index in [1.807, 2.05) is 12.1 Å². The summed E-state index contributed by atoms with van der Waals surface area (Å²) in [5.41, 5.74) is 0.819. The smallest absolute Gasteiger partial charge is 0.444 e. The minimum atomic E-state index is -0.935. The van der Waals surface area contributed by atoms with Crippen LogP contribution in [0, 0.1) is 23.2 Å². The molecule has 0 radical (unpaired) electrons. The van der Waals surface area contributed by atoms with E-state index in [1.165, 1.54) is 5.56 Å². The summed E-state index contributed by atoms with van der Waals surface area (Å²) in [5, 5.41) is 5.61. The van der Waals surface area contributed by atoms with Crippen molar-refractivity contribution in [2.75, 3.05) is 6.54 Å². The fraction of sp³-hybridized carbons (Fsp3) is 0.743. The fourth-order valence-corrected chi connectivity index (χ4v) is 7.59. The lowest BCUT2D eigenvalue weighted by atomic mass is 9.43. The highest BCUT2D eigenvalue weighted by Crippen LogP contribution is 2.66. The van der Waals surface area contributed by atoms with Gasteiger partial charge in [-0.1, -0.05) is 53.2 Å². The van der Waals surface area contributed by atoms with Gasteiger partial charge in [0.25, 0.3) is 5.91 Å². The second-order valence-corrected chi connectivity index (χ2v) is 15.6. The van der Waals surface area contributed by atoms with Crippen molar-refractivity contribution in [3.8, 4) is 0 Å². The summed E-state index contributed by atoms with van der Waals surface area (Å²) in [5.74, 6) is 0.681. The third-order valence-electron chi connectivity index (χ3n) is 10.2. The van der Waals surface area contributed by atoms with E-state index in [0.717, 1.165) is 38.5 Å². The Hall–Kier alpha value is -2.39. The maximum atomic E-state index is 14.0. The molecule has 2 bridgehead atoms. The number of rotatable bonds is 13. The molecule has 1 unspecified atom stereocenters. The molecule has 1 saturated heterocycles. The molecule has 44 heavy (non-hydrogen) atoms. The lowest BCUT2D eigenvalue weighted by Gasteiger charge is -2.64. The number of hydrogen-bond acceptors (Lipinski definition) is 6. The average molecular weight is 611 g/mol. The van der Waals surface area contributed by atoms with Crippen LogP contribution in [0.4, 0.5) is 4.79 Å². The Morgan fingerprint density at radius 3 is 2.36 bits per heavy atom. The molecular weight excluding hydrogens is 555 g/mol. The summed E-state index contributed by atoms with van der Waals surface area (Å²) >= 11 is 0. The first-order chi connectivity index (χ1) is 20.5. The molecule has 1 heterocycles. The zero-order valence-corrected chi connectivity index (χ0v) is 28.5. The minimum absolute atomic E-state index is 0.0265. The van der Waals surface area contributed by atoms with Crippen LogP contribution >= 0.6 is 0 Å². The molecule has 2 amide bonds. The Kier molecular flexibility index (Phi) is 10.6. The Morgan fingerprint density at radius 1 is 1.09 bits per heavy atom. The van der Waals surface area contributed by atoms with Gasteiger partial charge in [0, 0.05) is 24.3 Å². The van der Waals surface area contributed by atoms with Crippen molar-refractivity contribution >= 4 is 24.9 Å². The highest BCUT2D eigenvalue weighted by molar-refractivity contribution is 6.47. The van der Waals surface area contributed by atoms with Crippen LogP contribution in [-0.2, 0) is 25.3 Å². The van der Waals surface area contributed by atoms with Gasteiger partial charge in [-0.2, -0.15) is 0 Å². The van der Waals surface area contributed by atoms with Gasteiger partial charge < -0.3 is 24.7 Å². The lowest BCUT2D eigenvalue weighted by molar-refractivity contribution is -0.199. The topological polar surface area (TPSA) is 103 Å². The third-order valence-corrected chi connectivity index (χ3v) is 10.2. The number of carbonyl (C=O) groups excluding carboxylic acids is 3. The quantitative estimate of drug-likeness (QED) is 0.240. The third kappa shape index (κ3) is 7.87. The van der Waals surface area contributed by atoms with Crippen molar-refractivity contribution < 1.29 is 28.4 Å². The van der Waals surface area contributed by atoms with Crippen molar-refractivity contribution in [3.05, 3.63) is 35.4 Å². The first kappa shape index (κ1) is 34.5. The van der Waals surface area contributed by atoms with Gasteiger partial charge in [0.1, 0.15) is 11.6 Å². The highest BCUT2D eigenvalue weighted by atomic mass is 16.7. The number of carbonyl (C=O) groups is 3. The Morgan fingerprint density at radius 2 is 1.77 bits per heavy atom. The summed E-state index contributed by atoms with van der Waals surface area (Å²) in [6.45, 7) is 18.5. The first-order valence-corrected chi connectivity index (χ1v) is 16.8. The molecule has 244 valence electrons. The molecule has 9 heteroatoms. The van der Waals surface area contributed by atoms with Gasteiger partial charge in [0.2, 0.25) is 0 Å². The van der Waals surface area contributed by atoms with Gasteiger partial charge in [0.05, 0.1) is 11.7 Å². The Labute approximate surface area is 265 Å². The SMILES string of the molecule is CCCCc1ccc(C(=O)N[C@@H](CNC(=O)OC(C)(C)C)C(=O)C[C@@H](CC(C)C)B2O[C@@H]3CC4C[C@@H](C4(C)C)[C@]3(C)O2)cc1. The van der Waals surface area contributed by atoms with Crippen LogP contribution in [0.25, 0.3) is 0 Å². The number of nitrogens with one attached hydrogen (secondary N) is 2. The van der Waals surface area contributed by atoms with Crippen LogP contribution in [0.1, 0.15) is 117 Å². The molecule has 4 fully saturated rings. The van der Waals surface area contributed by atoms with Crippen LogP contribution < -0.4 is 10.6 Å². The number of aryl methyl sites for hydroxylation is 1. The van der Waals surface area contributed by atoms with E-state index in [2.05, 4.69) is 52.2 Å². The van der Waals surface area contributed by atoms with Gasteiger partial charge in [-0.25, -0.2) is 4.79 Å². The van der Waals surface area contributed by atoms with E-state index >= 15 is 0 Å². The second kappa shape index (κ2) is 13.5. The number of benzene rings is 1. The fourth-order valence-electron chi connectivity index (χ4n) is 7.59. The van der Waals surface area contributed by atoms with Crippen LogP contribution in [0.5, 0.6) is 0 Å². The first-order valence-electron chi connectivity index (χ1n) is 16.8. The molecule has 3 aliphatic carbocycles. The summed E-state index contributed by atoms with van der Waals surface area (Å²) < 4.78 is 18.8. The predicted molar refractivity (Wildman–Crippen MR) is 173 cm³/mol. The molecule has 1 aromatic rings. The molecule has 5 rings (SSSR count). The Balaban J connectivity index is 1.48. The number of hydrogen-bond donors (Lipinski definition) is 2. The number of amides is 2. The van der Waals surface area contributed by atoms with E-state index in [-0.39, 0.29) is 47.6 Å². The molecule has 4 aliphatic rings. The lowest BCUT2D eigenvalue weighted by Crippen LogP contribution is -2.65. The second-order valence-electron chi connectivity index (χ2n) is 15.6. The summed E-state index contributed by atoms with van der Waals surface area (Å²) in [6.07, 6.45) is 5.59. The van der Waals surface area contributed by atoms with Gasteiger partial charge >= 0.3 is 13.2 Å². The van der Waals surface area contributed by atoms with Crippen molar-refractivity contribution in [3.63, 3.8) is 0 Å². The average Bonchev–Trinajstić information content (AvgIpc) is 3.29. The summed E-state index contributed by atoms with van der Waals surface area (Å²) in [7, 11) is -0.489. The number of unbranched alkanes of at least 4 members (excludes halogenated alkanes) is 1. The van der Waals surface area contributed by atoms with Crippen molar-refractivity contribution in [1.82, 2.24) is 10.6 Å². The monoisotopic (exact) mass is 610 g/mol. The molecule has 1 aliphatic heterocycles. The van der Waals surface area contributed by atoms with Gasteiger partial charge in [0.15, 0.2) is 5.78 Å². The molecule has 0 spiro atoms. The van der Waals surface area contributed by atoms with Gasteiger partial charge in [-0.3, -0.25) is 9.59 Å². The van der Waals surface area contributed by atoms with Crippen LogP contribution in [0.15, 0.2) is 24.3 Å².